The van der Waals surface area contributed by atoms with Gasteiger partial charge >= 0.3 is 0 Å². The lowest BCUT2D eigenvalue weighted by atomic mass is 10.1. The lowest BCUT2D eigenvalue weighted by Gasteiger charge is -2.11. The number of benzene rings is 2. The van der Waals surface area contributed by atoms with Crippen LogP contribution in [0.2, 0.25) is 5.02 Å². The molecule has 3 heterocycles. The summed E-state index contributed by atoms with van der Waals surface area (Å²) >= 11 is 7.85. The van der Waals surface area contributed by atoms with Crippen LogP contribution in [0.25, 0.3) is 32.4 Å². The monoisotopic (exact) mass is 433 g/mol. The number of H-pyrrole nitrogens is 1. The molecular weight excluding hydrogens is 414 g/mol. The van der Waals surface area contributed by atoms with E-state index in [4.69, 9.17) is 11.6 Å². The van der Waals surface area contributed by atoms with Gasteiger partial charge in [-0.05, 0) is 53.8 Å². The zero-order valence-electron chi connectivity index (χ0n) is 16.2. The third-order valence-electron chi connectivity index (χ3n) is 5.33. The Hall–Kier alpha value is -3.02. The number of nitrogens with one attached hydrogen (secondary N) is 2. The van der Waals surface area contributed by atoms with Crippen LogP contribution >= 0.6 is 22.9 Å². The molecular formula is C24H20ClN3OS. The van der Waals surface area contributed by atoms with Gasteiger partial charge in [-0.1, -0.05) is 35.9 Å². The minimum atomic E-state index is 0.0000902. The van der Waals surface area contributed by atoms with Gasteiger partial charge in [0.05, 0.1) is 10.6 Å². The van der Waals surface area contributed by atoms with Gasteiger partial charge in [-0.15, -0.1) is 11.3 Å². The largest absolute Gasteiger partial charge is 0.361 e. The molecule has 4 nitrogen and oxygen atoms in total. The summed E-state index contributed by atoms with van der Waals surface area (Å²) in [7, 11) is 0. The Kier molecular flexibility index (Phi) is 5.07. The zero-order chi connectivity index (χ0) is 20.5. The van der Waals surface area contributed by atoms with Gasteiger partial charge in [0.15, 0.2) is 0 Å². The molecule has 6 heteroatoms. The van der Waals surface area contributed by atoms with E-state index < -0.39 is 0 Å². The van der Waals surface area contributed by atoms with Crippen LogP contribution in [0, 0.1) is 0 Å². The number of hydrogen-bond donors (Lipinski definition) is 2. The predicted octanol–water partition coefficient (Wildman–Crippen LogP) is 5.86. The fraction of sp³-hybridized carbons (Fsp3) is 0.125. The molecule has 1 amide bonds. The number of aromatic amines is 1. The number of amides is 1. The van der Waals surface area contributed by atoms with Gasteiger partial charge in [-0.3, -0.25) is 4.79 Å². The zero-order valence-corrected chi connectivity index (χ0v) is 17.8. The van der Waals surface area contributed by atoms with E-state index in [1.807, 2.05) is 48.0 Å². The molecule has 0 fully saturated rings. The number of halogens is 1. The van der Waals surface area contributed by atoms with Crippen LogP contribution in [-0.2, 0) is 17.8 Å². The molecule has 0 aliphatic rings. The predicted molar refractivity (Wildman–Crippen MR) is 125 cm³/mol. The van der Waals surface area contributed by atoms with E-state index in [-0.39, 0.29) is 12.5 Å². The molecule has 0 aliphatic heterocycles. The van der Waals surface area contributed by atoms with Crippen molar-refractivity contribution >= 4 is 50.7 Å². The van der Waals surface area contributed by atoms with Crippen molar-refractivity contribution in [3.63, 3.8) is 0 Å². The van der Waals surface area contributed by atoms with Crippen LogP contribution in [0.1, 0.15) is 5.56 Å². The Balaban J connectivity index is 1.33. The molecule has 0 bridgehead atoms. The summed E-state index contributed by atoms with van der Waals surface area (Å²) in [5.74, 6) is 0.0000902. The molecule has 150 valence electrons. The highest BCUT2D eigenvalue weighted by atomic mass is 35.5. The summed E-state index contributed by atoms with van der Waals surface area (Å²) in [6, 6.07) is 20.2. The lowest BCUT2D eigenvalue weighted by Crippen LogP contribution is -2.29. The third-order valence-corrected chi connectivity index (χ3v) is 6.46. The maximum atomic E-state index is 12.8. The number of fused-ring (bicyclic) bond motifs is 2. The van der Waals surface area contributed by atoms with Crippen molar-refractivity contribution < 1.29 is 4.79 Å². The van der Waals surface area contributed by atoms with Crippen LogP contribution in [0.3, 0.4) is 0 Å². The Labute approximate surface area is 183 Å². The highest BCUT2D eigenvalue weighted by Crippen LogP contribution is 2.32. The minimum Gasteiger partial charge on any atom is -0.361 e. The van der Waals surface area contributed by atoms with Gasteiger partial charge in [-0.25, -0.2) is 0 Å². The van der Waals surface area contributed by atoms with Gasteiger partial charge in [0.25, 0.3) is 0 Å². The second-order valence-corrected chi connectivity index (χ2v) is 8.64. The highest BCUT2D eigenvalue weighted by Gasteiger charge is 2.15. The number of aromatic nitrogens is 2. The smallest absolute Gasteiger partial charge is 0.239 e. The average Bonchev–Trinajstić information content (AvgIpc) is 3.47. The average molecular weight is 434 g/mol. The van der Waals surface area contributed by atoms with Crippen molar-refractivity contribution in [2.75, 3.05) is 6.54 Å². The molecule has 30 heavy (non-hydrogen) atoms. The standard InChI is InChI=1S/C24H20ClN3OS/c25-18-7-8-21-17(12-18)13-22(23-6-3-11-30-23)28(21)15-24(29)26-10-9-16-14-27-20-5-2-1-4-19(16)20/h1-8,11-14,27H,9-10,15H2,(H,26,29). The van der Waals surface area contributed by atoms with Crippen LogP contribution in [0.4, 0.5) is 0 Å². The molecule has 0 saturated heterocycles. The van der Waals surface area contributed by atoms with Gasteiger partial charge in [0.1, 0.15) is 6.54 Å². The Morgan fingerprint density at radius 3 is 2.87 bits per heavy atom. The number of hydrogen-bond acceptors (Lipinski definition) is 2. The summed E-state index contributed by atoms with van der Waals surface area (Å²) in [5.41, 5.74) is 4.38. The molecule has 0 aliphatic carbocycles. The number of rotatable bonds is 6. The van der Waals surface area contributed by atoms with Crippen molar-refractivity contribution in [3.05, 3.63) is 82.8 Å². The Morgan fingerprint density at radius 2 is 2.00 bits per heavy atom. The fourth-order valence-corrected chi connectivity index (χ4v) is 4.85. The van der Waals surface area contributed by atoms with E-state index in [1.54, 1.807) is 11.3 Å². The molecule has 0 saturated carbocycles. The number of nitrogens with zero attached hydrogens (tertiary/aromatic N) is 1. The fourth-order valence-electron chi connectivity index (χ4n) is 3.92. The van der Waals surface area contributed by atoms with Crippen molar-refractivity contribution in [1.82, 2.24) is 14.9 Å². The molecule has 0 spiro atoms. The van der Waals surface area contributed by atoms with Crippen molar-refractivity contribution in [3.8, 4) is 10.6 Å². The topological polar surface area (TPSA) is 49.8 Å². The molecule has 2 aromatic carbocycles. The number of para-hydroxylation sites is 1. The van der Waals surface area contributed by atoms with Gasteiger partial charge in [0.2, 0.25) is 5.91 Å². The SMILES string of the molecule is O=C(Cn1c(-c2cccs2)cc2cc(Cl)ccc21)NCCc1c[nH]c2ccccc12. The van der Waals surface area contributed by atoms with Gasteiger partial charge in [0, 0.05) is 39.6 Å². The molecule has 5 rings (SSSR count). The minimum absolute atomic E-state index is 0.0000902. The lowest BCUT2D eigenvalue weighted by molar-refractivity contribution is -0.121. The highest BCUT2D eigenvalue weighted by molar-refractivity contribution is 7.13. The number of thiophene rings is 1. The molecule has 2 N–H and O–H groups in total. The molecule has 0 unspecified atom stereocenters. The van der Waals surface area contributed by atoms with E-state index >= 15 is 0 Å². The summed E-state index contributed by atoms with van der Waals surface area (Å²) in [6.07, 6.45) is 2.81. The summed E-state index contributed by atoms with van der Waals surface area (Å²) < 4.78 is 2.07. The van der Waals surface area contributed by atoms with Crippen LogP contribution in [-0.4, -0.2) is 22.0 Å². The van der Waals surface area contributed by atoms with Crippen molar-refractivity contribution in [2.24, 2.45) is 0 Å². The first-order valence-electron chi connectivity index (χ1n) is 9.83. The number of carbonyl (C=O) groups excluding carboxylic acids is 1. The molecule has 3 aromatic heterocycles. The van der Waals surface area contributed by atoms with E-state index in [1.165, 1.54) is 10.9 Å². The first-order valence-corrected chi connectivity index (χ1v) is 11.1. The quantitative estimate of drug-likeness (QED) is 0.346. The van der Waals surface area contributed by atoms with Crippen LogP contribution < -0.4 is 5.32 Å². The molecule has 0 radical (unpaired) electrons. The summed E-state index contributed by atoms with van der Waals surface area (Å²) in [6.45, 7) is 0.867. The first kappa shape index (κ1) is 19.0. The van der Waals surface area contributed by atoms with E-state index in [0.717, 1.165) is 33.4 Å². The second-order valence-electron chi connectivity index (χ2n) is 7.26. The molecule has 5 aromatic rings. The first-order chi connectivity index (χ1) is 14.7. The van der Waals surface area contributed by atoms with Crippen LogP contribution in [0.5, 0.6) is 0 Å². The maximum Gasteiger partial charge on any atom is 0.239 e. The number of carbonyl (C=O) groups is 1. The van der Waals surface area contributed by atoms with E-state index in [0.29, 0.717) is 11.6 Å². The Morgan fingerprint density at radius 1 is 1.10 bits per heavy atom. The maximum absolute atomic E-state index is 12.8. The van der Waals surface area contributed by atoms with Crippen molar-refractivity contribution in [2.45, 2.75) is 13.0 Å². The van der Waals surface area contributed by atoms with Crippen molar-refractivity contribution in [1.29, 1.82) is 0 Å². The van der Waals surface area contributed by atoms with Gasteiger partial charge < -0.3 is 14.9 Å². The summed E-state index contributed by atoms with van der Waals surface area (Å²) in [5, 5.41) is 8.07. The third kappa shape index (κ3) is 3.62. The van der Waals surface area contributed by atoms with E-state index in [2.05, 4.69) is 39.1 Å². The summed E-state index contributed by atoms with van der Waals surface area (Å²) in [4.78, 5) is 17.2. The van der Waals surface area contributed by atoms with Crippen LogP contribution in [0.15, 0.2) is 72.2 Å². The normalized spacial score (nSPS) is 11.4. The van der Waals surface area contributed by atoms with E-state index in [9.17, 15) is 4.79 Å². The molecule has 0 atom stereocenters. The second kappa shape index (κ2) is 8.01. The van der Waals surface area contributed by atoms with Gasteiger partial charge in [-0.2, -0.15) is 0 Å². The Bertz CT molecular complexity index is 1330.